The Hall–Kier alpha value is -1.71. The van der Waals surface area contributed by atoms with Crippen LogP contribution in [-0.4, -0.2) is 17.1 Å². The molecule has 0 saturated heterocycles. The summed E-state index contributed by atoms with van der Waals surface area (Å²) in [5, 5.41) is 0. The monoisotopic (exact) mass is 209 g/mol. The van der Waals surface area contributed by atoms with Crippen molar-refractivity contribution in [3.8, 4) is 0 Å². The molecule has 0 saturated carbocycles. The molecule has 3 nitrogen and oxygen atoms in total. The first kappa shape index (κ1) is 11.4. The lowest BCUT2D eigenvalue weighted by atomic mass is 10.2. The number of hydrogen-bond donors (Lipinski definition) is 0. The van der Waals surface area contributed by atoms with Crippen molar-refractivity contribution in [2.24, 2.45) is 0 Å². The van der Waals surface area contributed by atoms with Gasteiger partial charge in [-0.05, 0) is 26.0 Å². The van der Waals surface area contributed by atoms with Gasteiger partial charge in [-0.2, -0.15) is 0 Å². The van der Waals surface area contributed by atoms with Gasteiger partial charge in [-0.3, -0.25) is 4.98 Å². The van der Waals surface area contributed by atoms with Gasteiger partial charge in [0, 0.05) is 0 Å². The largest absolute Gasteiger partial charge is 0.459 e. The number of nitrogens with zero attached hydrogens (tertiary/aromatic N) is 1. The van der Waals surface area contributed by atoms with E-state index in [0.717, 1.165) is 12.3 Å². The smallest absolute Gasteiger partial charge is 0.340 e. The second-order valence-electron chi connectivity index (χ2n) is 3.24. The van der Waals surface area contributed by atoms with E-state index >= 15 is 0 Å². The molecule has 1 aromatic rings. The van der Waals surface area contributed by atoms with Crippen molar-refractivity contribution >= 4 is 12.0 Å². The van der Waals surface area contributed by atoms with Crippen LogP contribution in [0.25, 0.3) is 6.08 Å². The second kappa shape index (κ2) is 4.68. The van der Waals surface area contributed by atoms with Crippen LogP contribution in [0.2, 0.25) is 0 Å². The molecule has 1 heterocycles. The maximum Gasteiger partial charge on any atom is 0.340 e. The minimum absolute atomic E-state index is 0.0960. The van der Waals surface area contributed by atoms with Gasteiger partial charge < -0.3 is 4.74 Å². The first-order valence-electron chi connectivity index (χ1n) is 4.53. The summed E-state index contributed by atoms with van der Waals surface area (Å²) in [6.07, 6.45) is 2.16. The number of halogens is 1. The van der Waals surface area contributed by atoms with Crippen LogP contribution in [0.5, 0.6) is 0 Å². The number of rotatable bonds is 3. The van der Waals surface area contributed by atoms with Gasteiger partial charge in [-0.15, -0.1) is 0 Å². The van der Waals surface area contributed by atoms with Crippen molar-refractivity contribution in [3.63, 3.8) is 0 Å². The number of pyridine rings is 1. The van der Waals surface area contributed by atoms with E-state index in [1.54, 1.807) is 13.8 Å². The van der Waals surface area contributed by atoms with Crippen LogP contribution >= 0.6 is 0 Å². The first-order valence-corrected chi connectivity index (χ1v) is 4.53. The molecule has 0 aliphatic heterocycles. The lowest BCUT2D eigenvalue weighted by molar-refractivity contribution is 0.0376. The molecular weight excluding hydrogens is 197 g/mol. The highest BCUT2D eigenvalue weighted by molar-refractivity contribution is 5.92. The van der Waals surface area contributed by atoms with Crippen LogP contribution in [0.15, 0.2) is 18.8 Å². The van der Waals surface area contributed by atoms with Crippen LogP contribution in [0.1, 0.15) is 29.9 Å². The highest BCUT2D eigenvalue weighted by Crippen LogP contribution is 2.11. The number of carbonyl (C=O) groups excluding carboxylic acids is 1. The zero-order valence-corrected chi connectivity index (χ0v) is 8.66. The fourth-order valence-corrected chi connectivity index (χ4v) is 1.05. The van der Waals surface area contributed by atoms with Crippen LogP contribution in [-0.2, 0) is 4.74 Å². The van der Waals surface area contributed by atoms with E-state index in [4.69, 9.17) is 4.74 Å². The van der Waals surface area contributed by atoms with Crippen LogP contribution in [0.3, 0.4) is 0 Å². The lowest BCUT2D eigenvalue weighted by Gasteiger charge is -2.09. The standard InChI is InChI=1S/C11H12FNO2/c1-4-10-9(5-8(12)6-13-10)11(14)15-7(2)3/h4-7H,1H2,2-3H3. The summed E-state index contributed by atoms with van der Waals surface area (Å²) in [6, 6.07) is 1.09. The molecule has 0 spiro atoms. The molecule has 0 atom stereocenters. The summed E-state index contributed by atoms with van der Waals surface area (Å²) in [6.45, 7) is 6.93. The van der Waals surface area contributed by atoms with E-state index in [9.17, 15) is 9.18 Å². The summed E-state index contributed by atoms with van der Waals surface area (Å²) in [7, 11) is 0. The van der Waals surface area contributed by atoms with E-state index in [-0.39, 0.29) is 11.7 Å². The average Bonchev–Trinajstić information content (AvgIpc) is 2.16. The summed E-state index contributed by atoms with van der Waals surface area (Å²) >= 11 is 0. The molecule has 4 heteroatoms. The van der Waals surface area contributed by atoms with E-state index in [1.165, 1.54) is 6.08 Å². The topological polar surface area (TPSA) is 39.2 Å². The third-order valence-corrected chi connectivity index (χ3v) is 1.64. The molecule has 80 valence electrons. The SMILES string of the molecule is C=Cc1ncc(F)cc1C(=O)OC(C)C. The Morgan fingerprint density at radius 3 is 2.87 bits per heavy atom. The molecule has 0 aromatic carbocycles. The molecule has 0 N–H and O–H groups in total. The fourth-order valence-electron chi connectivity index (χ4n) is 1.05. The molecular formula is C11H12FNO2. The van der Waals surface area contributed by atoms with Crippen molar-refractivity contribution in [3.05, 3.63) is 35.9 Å². The molecule has 15 heavy (non-hydrogen) atoms. The Kier molecular flexibility index (Phi) is 3.55. The summed E-state index contributed by atoms with van der Waals surface area (Å²) in [5.41, 5.74) is 0.417. The Labute approximate surface area is 87.6 Å². The lowest BCUT2D eigenvalue weighted by Crippen LogP contribution is -2.13. The molecule has 0 radical (unpaired) electrons. The van der Waals surface area contributed by atoms with Crippen molar-refractivity contribution in [2.45, 2.75) is 20.0 Å². The van der Waals surface area contributed by atoms with Crippen molar-refractivity contribution in [2.75, 3.05) is 0 Å². The number of carbonyl (C=O) groups is 1. The maximum absolute atomic E-state index is 12.9. The molecule has 0 amide bonds. The molecule has 0 aliphatic rings. The van der Waals surface area contributed by atoms with E-state index in [0.29, 0.717) is 5.69 Å². The van der Waals surface area contributed by atoms with E-state index in [1.807, 2.05) is 0 Å². The predicted octanol–water partition coefficient (Wildman–Crippen LogP) is 2.43. The normalized spacial score (nSPS) is 10.1. The van der Waals surface area contributed by atoms with Gasteiger partial charge >= 0.3 is 5.97 Å². The summed E-state index contributed by atoms with van der Waals surface area (Å²) < 4.78 is 17.8. The highest BCUT2D eigenvalue weighted by Gasteiger charge is 2.14. The predicted molar refractivity (Wildman–Crippen MR) is 54.8 cm³/mol. The molecule has 0 aliphatic carbocycles. The third-order valence-electron chi connectivity index (χ3n) is 1.64. The third kappa shape index (κ3) is 2.87. The van der Waals surface area contributed by atoms with Gasteiger partial charge in [0.15, 0.2) is 0 Å². The van der Waals surface area contributed by atoms with Gasteiger partial charge in [0.05, 0.1) is 23.6 Å². The Bertz CT molecular complexity index is 388. The van der Waals surface area contributed by atoms with E-state index < -0.39 is 11.8 Å². The zero-order chi connectivity index (χ0) is 11.4. The Balaban J connectivity index is 3.05. The minimum Gasteiger partial charge on any atom is -0.459 e. The second-order valence-corrected chi connectivity index (χ2v) is 3.24. The number of esters is 1. The highest BCUT2D eigenvalue weighted by atomic mass is 19.1. The van der Waals surface area contributed by atoms with Crippen LogP contribution < -0.4 is 0 Å². The van der Waals surface area contributed by atoms with Crippen LogP contribution in [0, 0.1) is 5.82 Å². The van der Waals surface area contributed by atoms with Gasteiger partial charge in [0.1, 0.15) is 5.82 Å². The van der Waals surface area contributed by atoms with Gasteiger partial charge in [0.25, 0.3) is 0 Å². The van der Waals surface area contributed by atoms with E-state index in [2.05, 4.69) is 11.6 Å². The number of ether oxygens (including phenoxy) is 1. The quantitative estimate of drug-likeness (QED) is 0.717. The Morgan fingerprint density at radius 2 is 2.33 bits per heavy atom. The molecule has 1 aromatic heterocycles. The summed E-state index contributed by atoms with van der Waals surface area (Å²) in [4.78, 5) is 15.2. The number of hydrogen-bond acceptors (Lipinski definition) is 3. The molecule has 0 unspecified atom stereocenters. The van der Waals surface area contributed by atoms with Crippen molar-refractivity contribution in [1.29, 1.82) is 0 Å². The average molecular weight is 209 g/mol. The molecule has 1 rings (SSSR count). The molecule has 0 bridgehead atoms. The minimum atomic E-state index is -0.591. The van der Waals surface area contributed by atoms with Crippen molar-refractivity contribution < 1.29 is 13.9 Å². The maximum atomic E-state index is 12.9. The van der Waals surface area contributed by atoms with Crippen LogP contribution in [0.4, 0.5) is 4.39 Å². The van der Waals surface area contributed by atoms with Gasteiger partial charge in [-0.1, -0.05) is 6.58 Å². The van der Waals surface area contributed by atoms with Gasteiger partial charge in [-0.25, -0.2) is 9.18 Å². The fraction of sp³-hybridized carbons (Fsp3) is 0.273. The Morgan fingerprint density at radius 1 is 1.67 bits per heavy atom. The number of aromatic nitrogens is 1. The summed E-state index contributed by atoms with van der Waals surface area (Å²) in [5.74, 6) is -1.16. The zero-order valence-electron chi connectivity index (χ0n) is 8.66. The van der Waals surface area contributed by atoms with Crippen molar-refractivity contribution in [1.82, 2.24) is 4.98 Å². The molecule has 0 fully saturated rings. The van der Waals surface area contributed by atoms with Gasteiger partial charge in [0.2, 0.25) is 0 Å². The first-order chi connectivity index (χ1) is 7.04.